The lowest BCUT2D eigenvalue weighted by atomic mass is 10.2. The molecular weight excluding hydrogens is 438 g/mol. The van der Waals surface area contributed by atoms with E-state index in [-0.39, 0.29) is 6.54 Å². The van der Waals surface area contributed by atoms with Gasteiger partial charge in [-0.15, -0.1) is 0 Å². The van der Waals surface area contributed by atoms with Gasteiger partial charge in [-0.25, -0.2) is 5.43 Å². The number of nitrogens with one attached hydrogen (secondary N) is 2. The molecule has 7 nitrogen and oxygen atoms in total. The second-order valence-corrected chi connectivity index (χ2v) is 6.53. The third kappa shape index (κ3) is 5.97. The number of benzene rings is 2. The summed E-state index contributed by atoms with van der Waals surface area (Å²) in [6.07, 6.45) is 1.37. The van der Waals surface area contributed by atoms with Gasteiger partial charge >= 0.3 is 11.8 Å². The summed E-state index contributed by atoms with van der Waals surface area (Å²) in [6, 6.07) is 10.3. The molecule has 0 saturated carbocycles. The van der Waals surface area contributed by atoms with Gasteiger partial charge in [-0.3, -0.25) is 9.59 Å². The van der Waals surface area contributed by atoms with Crippen molar-refractivity contribution in [2.75, 3.05) is 14.2 Å². The quantitative estimate of drug-likeness (QED) is 0.399. The first-order valence-electron chi connectivity index (χ1n) is 7.71. The Morgan fingerprint density at radius 3 is 2.41 bits per heavy atom. The van der Waals surface area contributed by atoms with Gasteiger partial charge in [0.2, 0.25) is 0 Å². The van der Waals surface area contributed by atoms with E-state index in [1.54, 1.807) is 36.4 Å². The fourth-order valence-corrected chi connectivity index (χ4v) is 2.71. The van der Waals surface area contributed by atoms with Crippen LogP contribution in [-0.4, -0.2) is 32.2 Å². The standard InChI is InChI=1S/C18H17BrClN3O4/c1-26-15-8-16(27-2)14(19)7-12(15)10-22-23-18(25)17(24)21-9-11-3-5-13(20)6-4-11/h3-8,10H,9H2,1-2H3,(H,21,24)(H,23,25)/b22-10-. The Kier molecular flexibility index (Phi) is 7.63. The number of amides is 2. The average Bonchev–Trinajstić information content (AvgIpc) is 2.67. The van der Waals surface area contributed by atoms with Crippen LogP contribution in [0.4, 0.5) is 0 Å². The van der Waals surface area contributed by atoms with Crippen LogP contribution >= 0.6 is 27.5 Å². The Labute approximate surface area is 169 Å². The highest BCUT2D eigenvalue weighted by Crippen LogP contribution is 2.31. The Balaban J connectivity index is 1.93. The molecular formula is C18H17BrClN3O4. The summed E-state index contributed by atoms with van der Waals surface area (Å²) in [4.78, 5) is 23.6. The number of methoxy groups -OCH3 is 2. The molecule has 2 N–H and O–H groups in total. The van der Waals surface area contributed by atoms with Crippen LogP contribution in [-0.2, 0) is 16.1 Å². The number of hydrazone groups is 1. The molecule has 2 rings (SSSR count). The molecule has 0 fully saturated rings. The van der Waals surface area contributed by atoms with Crippen LogP contribution in [0.1, 0.15) is 11.1 Å². The highest BCUT2D eigenvalue weighted by Gasteiger charge is 2.12. The molecule has 0 radical (unpaired) electrons. The maximum atomic E-state index is 11.8. The monoisotopic (exact) mass is 453 g/mol. The zero-order valence-electron chi connectivity index (χ0n) is 14.6. The Bertz CT molecular complexity index is 856. The molecule has 27 heavy (non-hydrogen) atoms. The molecule has 0 aliphatic carbocycles. The van der Waals surface area contributed by atoms with E-state index in [1.807, 2.05) is 0 Å². The van der Waals surface area contributed by atoms with Crippen LogP contribution in [0.25, 0.3) is 0 Å². The normalized spacial score (nSPS) is 10.5. The van der Waals surface area contributed by atoms with Crippen LogP contribution < -0.4 is 20.2 Å². The van der Waals surface area contributed by atoms with Gasteiger partial charge in [0.1, 0.15) is 11.5 Å². The minimum atomic E-state index is -0.883. The predicted octanol–water partition coefficient (Wildman–Crippen LogP) is 2.89. The van der Waals surface area contributed by atoms with Crippen molar-refractivity contribution in [3.63, 3.8) is 0 Å². The summed E-state index contributed by atoms with van der Waals surface area (Å²) in [5.41, 5.74) is 3.58. The molecule has 0 heterocycles. The summed E-state index contributed by atoms with van der Waals surface area (Å²) in [5, 5.41) is 6.88. The van der Waals surface area contributed by atoms with E-state index in [4.69, 9.17) is 21.1 Å². The SMILES string of the molecule is COc1cc(OC)c(/C=N\NC(=O)C(=O)NCc2ccc(Cl)cc2)cc1Br. The smallest absolute Gasteiger partial charge is 0.329 e. The lowest BCUT2D eigenvalue weighted by molar-refractivity contribution is -0.139. The third-order valence-corrected chi connectivity index (χ3v) is 4.32. The highest BCUT2D eigenvalue weighted by atomic mass is 79.9. The summed E-state index contributed by atoms with van der Waals surface area (Å²) >= 11 is 9.15. The molecule has 0 bridgehead atoms. The Morgan fingerprint density at radius 2 is 1.78 bits per heavy atom. The number of hydrogen-bond donors (Lipinski definition) is 2. The van der Waals surface area contributed by atoms with Crippen molar-refractivity contribution < 1.29 is 19.1 Å². The van der Waals surface area contributed by atoms with Crippen molar-refractivity contribution in [2.24, 2.45) is 5.10 Å². The van der Waals surface area contributed by atoms with Crippen molar-refractivity contribution >= 4 is 45.6 Å². The van der Waals surface area contributed by atoms with Crippen molar-refractivity contribution in [1.82, 2.24) is 10.7 Å². The van der Waals surface area contributed by atoms with Gasteiger partial charge < -0.3 is 14.8 Å². The first-order valence-corrected chi connectivity index (χ1v) is 8.89. The van der Waals surface area contributed by atoms with Crippen molar-refractivity contribution in [3.8, 4) is 11.5 Å². The second kappa shape index (κ2) is 9.94. The van der Waals surface area contributed by atoms with Gasteiger partial charge in [-0.05, 0) is 39.7 Å². The van der Waals surface area contributed by atoms with Crippen molar-refractivity contribution in [2.45, 2.75) is 6.54 Å². The summed E-state index contributed by atoms with van der Waals surface area (Å²) in [5.74, 6) is -0.591. The third-order valence-electron chi connectivity index (χ3n) is 3.45. The fraction of sp³-hybridized carbons (Fsp3) is 0.167. The Hall–Kier alpha value is -2.58. The number of rotatable bonds is 6. The van der Waals surface area contributed by atoms with E-state index >= 15 is 0 Å². The number of carbonyl (C=O) groups excluding carboxylic acids is 2. The number of carbonyl (C=O) groups is 2. The number of halogens is 2. The molecule has 0 unspecified atom stereocenters. The number of hydrogen-bond acceptors (Lipinski definition) is 5. The van der Waals surface area contributed by atoms with Crippen molar-refractivity contribution in [3.05, 3.63) is 57.0 Å². The van der Waals surface area contributed by atoms with Gasteiger partial charge in [0.25, 0.3) is 0 Å². The first kappa shape index (κ1) is 20.7. The zero-order chi connectivity index (χ0) is 19.8. The largest absolute Gasteiger partial charge is 0.496 e. The molecule has 0 atom stereocenters. The van der Waals surface area contributed by atoms with Gasteiger partial charge in [-0.1, -0.05) is 23.7 Å². The first-order chi connectivity index (χ1) is 12.9. The number of nitrogens with zero attached hydrogens (tertiary/aromatic N) is 1. The molecule has 0 saturated heterocycles. The van der Waals surface area contributed by atoms with Gasteiger partial charge in [0.05, 0.1) is 24.9 Å². The molecule has 2 aromatic carbocycles. The van der Waals surface area contributed by atoms with Crippen LogP contribution in [0.15, 0.2) is 46.0 Å². The molecule has 0 aliphatic rings. The lowest BCUT2D eigenvalue weighted by Crippen LogP contribution is -2.37. The highest BCUT2D eigenvalue weighted by molar-refractivity contribution is 9.10. The predicted molar refractivity (Wildman–Crippen MR) is 106 cm³/mol. The van der Waals surface area contributed by atoms with Gasteiger partial charge in [0.15, 0.2) is 0 Å². The van der Waals surface area contributed by atoms with Crippen LogP contribution in [0.5, 0.6) is 11.5 Å². The number of ether oxygens (including phenoxy) is 2. The zero-order valence-corrected chi connectivity index (χ0v) is 16.9. The summed E-state index contributed by atoms with van der Waals surface area (Å²) in [7, 11) is 3.04. The average molecular weight is 455 g/mol. The van der Waals surface area contributed by atoms with E-state index in [0.29, 0.717) is 26.6 Å². The van der Waals surface area contributed by atoms with E-state index in [2.05, 4.69) is 31.8 Å². The van der Waals surface area contributed by atoms with E-state index < -0.39 is 11.8 Å². The van der Waals surface area contributed by atoms with Crippen molar-refractivity contribution in [1.29, 1.82) is 0 Å². The van der Waals surface area contributed by atoms with E-state index in [0.717, 1.165) is 5.56 Å². The van der Waals surface area contributed by atoms with E-state index in [9.17, 15) is 9.59 Å². The molecule has 2 amide bonds. The lowest BCUT2D eigenvalue weighted by Gasteiger charge is -2.09. The van der Waals surface area contributed by atoms with Gasteiger partial charge in [-0.2, -0.15) is 5.10 Å². The maximum absolute atomic E-state index is 11.8. The Morgan fingerprint density at radius 1 is 1.11 bits per heavy atom. The molecule has 0 aliphatic heterocycles. The summed E-state index contributed by atoms with van der Waals surface area (Å²) in [6.45, 7) is 0.201. The summed E-state index contributed by atoms with van der Waals surface area (Å²) < 4.78 is 11.1. The van der Waals surface area contributed by atoms with Gasteiger partial charge in [0, 0.05) is 23.2 Å². The minimum Gasteiger partial charge on any atom is -0.496 e. The molecule has 0 aromatic heterocycles. The van der Waals surface area contributed by atoms with E-state index in [1.165, 1.54) is 20.4 Å². The van der Waals surface area contributed by atoms with Crippen LogP contribution in [0.3, 0.4) is 0 Å². The van der Waals surface area contributed by atoms with Crippen LogP contribution in [0.2, 0.25) is 5.02 Å². The second-order valence-electron chi connectivity index (χ2n) is 5.24. The maximum Gasteiger partial charge on any atom is 0.329 e. The molecule has 9 heteroatoms. The fourth-order valence-electron chi connectivity index (χ4n) is 2.06. The topological polar surface area (TPSA) is 89.0 Å². The van der Waals surface area contributed by atoms with Crippen LogP contribution in [0, 0.1) is 0 Å². The molecule has 142 valence electrons. The molecule has 0 spiro atoms. The molecule has 2 aromatic rings. The minimum absolute atomic E-state index is 0.201.